The summed E-state index contributed by atoms with van der Waals surface area (Å²) >= 11 is 0. The van der Waals surface area contributed by atoms with Gasteiger partial charge in [-0.25, -0.2) is 0 Å². The number of halogens is 3. The molecule has 0 fully saturated rings. The van der Waals surface area contributed by atoms with E-state index in [4.69, 9.17) is 4.74 Å². The van der Waals surface area contributed by atoms with E-state index in [9.17, 15) is 23.1 Å². The lowest BCUT2D eigenvalue weighted by molar-refractivity contribution is -0.137. The first-order valence-electron chi connectivity index (χ1n) is 6.58. The van der Waals surface area contributed by atoms with E-state index in [1.54, 1.807) is 6.07 Å². The number of hydrogen-bond acceptors (Lipinski definition) is 3. The molecule has 0 amide bonds. The molecule has 0 heterocycles. The zero-order valence-electron chi connectivity index (χ0n) is 12.1. The third kappa shape index (κ3) is 3.91. The van der Waals surface area contributed by atoms with E-state index in [0.29, 0.717) is 5.56 Å². The van der Waals surface area contributed by atoms with E-state index in [2.05, 4.69) is 0 Å². The van der Waals surface area contributed by atoms with Crippen LogP contribution in [0.1, 0.15) is 21.5 Å². The van der Waals surface area contributed by atoms with Crippen molar-refractivity contribution in [3.63, 3.8) is 0 Å². The maximum absolute atomic E-state index is 12.9. The second-order valence-corrected chi connectivity index (χ2v) is 4.67. The standard InChI is InChI=1S/C17H13F3O3/c1-23-16-9-7-11(10-15(16)22)6-8-14(21)12-4-2-3-5-13(12)17(18,19)20/h2-10,22H,1H3/b8-6+. The molecule has 0 unspecified atom stereocenters. The Kier molecular flexibility index (Phi) is 4.74. The van der Waals surface area contributed by atoms with Gasteiger partial charge in [-0.2, -0.15) is 13.2 Å². The number of aromatic hydroxyl groups is 1. The summed E-state index contributed by atoms with van der Waals surface area (Å²) in [4.78, 5) is 12.0. The number of benzene rings is 2. The minimum Gasteiger partial charge on any atom is -0.504 e. The quantitative estimate of drug-likeness (QED) is 0.674. The van der Waals surface area contributed by atoms with Crippen LogP contribution in [-0.4, -0.2) is 18.0 Å². The van der Waals surface area contributed by atoms with Crippen molar-refractivity contribution in [3.8, 4) is 11.5 Å². The first-order valence-corrected chi connectivity index (χ1v) is 6.58. The summed E-state index contributed by atoms with van der Waals surface area (Å²) in [6.07, 6.45) is -2.24. The molecule has 0 saturated heterocycles. The molecule has 0 aliphatic heterocycles. The van der Waals surface area contributed by atoms with Crippen LogP contribution in [-0.2, 0) is 6.18 Å². The van der Waals surface area contributed by atoms with Gasteiger partial charge in [0.05, 0.1) is 12.7 Å². The summed E-state index contributed by atoms with van der Waals surface area (Å²) in [5.41, 5.74) is -0.942. The molecule has 0 aliphatic carbocycles. The monoisotopic (exact) mass is 322 g/mol. The van der Waals surface area contributed by atoms with Crippen LogP contribution in [0.2, 0.25) is 0 Å². The van der Waals surface area contributed by atoms with Crippen molar-refractivity contribution < 1.29 is 27.8 Å². The van der Waals surface area contributed by atoms with Gasteiger partial charge in [-0.15, -0.1) is 0 Å². The van der Waals surface area contributed by atoms with Crippen molar-refractivity contribution in [1.82, 2.24) is 0 Å². The number of ketones is 1. The second-order valence-electron chi connectivity index (χ2n) is 4.67. The number of phenols is 1. The molecule has 3 nitrogen and oxygen atoms in total. The molecule has 6 heteroatoms. The van der Waals surface area contributed by atoms with Gasteiger partial charge in [0, 0.05) is 5.56 Å². The fourth-order valence-electron chi connectivity index (χ4n) is 2.02. The normalized spacial score (nSPS) is 11.7. The van der Waals surface area contributed by atoms with Gasteiger partial charge in [-0.1, -0.05) is 30.3 Å². The number of allylic oxidation sites excluding steroid dienone is 1. The lowest BCUT2D eigenvalue weighted by Gasteiger charge is -2.10. The number of phenolic OH excluding ortho intramolecular Hbond substituents is 1. The molecule has 0 aromatic heterocycles. The van der Waals surface area contributed by atoms with Gasteiger partial charge in [-0.05, 0) is 29.8 Å². The number of hydrogen-bond donors (Lipinski definition) is 1. The van der Waals surface area contributed by atoms with Crippen LogP contribution in [0.3, 0.4) is 0 Å². The average Bonchev–Trinajstić information content (AvgIpc) is 2.52. The number of rotatable bonds is 4. The van der Waals surface area contributed by atoms with Gasteiger partial charge < -0.3 is 9.84 Å². The van der Waals surface area contributed by atoms with Crippen LogP contribution < -0.4 is 4.74 Å². The fourth-order valence-corrected chi connectivity index (χ4v) is 2.02. The molecule has 2 rings (SSSR count). The number of alkyl halides is 3. The lowest BCUT2D eigenvalue weighted by Crippen LogP contribution is -2.11. The molecule has 0 radical (unpaired) electrons. The molecule has 2 aromatic rings. The zero-order valence-corrected chi connectivity index (χ0v) is 12.1. The Morgan fingerprint density at radius 3 is 2.48 bits per heavy atom. The van der Waals surface area contributed by atoms with Crippen molar-refractivity contribution in [3.05, 3.63) is 65.2 Å². The fraction of sp³-hybridized carbons (Fsp3) is 0.118. The molecule has 2 aromatic carbocycles. The Hall–Kier alpha value is -2.76. The first-order chi connectivity index (χ1) is 10.8. The Bertz CT molecular complexity index is 749. The van der Waals surface area contributed by atoms with E-state index >= 15 is 0 Å². The number of methoxy groups -OCH3 is 1. The molecule has 0 saturated carbocycles. The predicted octanol–water partition coefficient (Wildman–Crippen LogP) is 4.32. The summed E-state index contributed by atoms with van der Waals surface area (Å²) < 4.78 is 43.5. The maximum atomic E-state index is 12.9. The Morgan fingerprint density at radius 1 is 1.17 bits per heavy atom. The van der Waals surface area contributed by atoms with Gasteiger partial charge >= 0.3 is 6.18 Å². The van der Waals surface area contributed by atoms with Crippen LogP contribution in [0.15, 0.2) is 48.5 Å². The van der Waals surface area contributed by atoms with Crippen LogP contribution in [0, 0.1) is 0 Å². The van der Waals surface area contributed by atoms with Crippen molar-refractivity contribution in [2.75, 3.05) is 7.11 Å². The van der Waals surface area contributed by atoms with Gasteiger partial charge in [-0.3, -0.25) is 4.79 Å². The minimum absolute atomic E-state index is 0.127. The molecular weight excluding hydrogens is 309 g/mol. The summed E-state index contributed by atoms with van der Waals surface area (Å²) in [5, 5.41) is 9.63. The number of carbonyl (C=O) groups excluding carboxylic acids is 1. The summed E-state index contributed by atoms with van der Waals surface area (Å²) in [6.45, 7) is 0. The van der Waals surface area contributed by atoms with Gasteiger partial charge in [0.2, 0.25) is 0 Å². The van der Waals surface area contributed by atoms with E-state index in [1.165, 1.54) is 37.5 Å². The SMILES string of the molecule is COc1ccc(/C=C/C(=O)c2ccccc2C(F)(F)F)cc1O. The highest BCUT2D eigenvalue weighted by atomic mass is 19.4. The lowest BCUT2D eigenvalue weighted by atomic mass is 10.0. The molecule has 1 N–H and O–H groups in total. The highest BCUT2D eigenvalue weighted by molar-refractivity contribution is 6.07. The average molecular weight is 322 g/mol. The third-order valence-corrected chi connectivity index (χ3v) is 3.13. The Balaban J connectivity index is 2.28. The van der Waals surface area contributed by atoms with E-state index in [1.807, 2.05) is 0 Å². The van der Waals surface area contributed by atoms with Crippen molar-refractivity contribution >= 4 is 11.9 Å². The largest absolute Gasteiger partial charge is 0.504 e. The van der Waals surface area contributed by atoms with E-state index in [0.717, 1.165) is 18.2 Å². The van der Waals surface area contributed by atoms with Crippen LogP contribution in [0.4, 0.5) is 13.2 Å². The van der Waals surface area contributed by atoms with Crippen LogP contribution >= 0.6 is 0 Å². The smallest absolute Gasteiger partial charge is 0.417 e. The molecule has 120 valence electrons. The predicted molar refractivity (Wildman–Crippen MR) is 79.5 cm³/mol. The Morgan fingerprint density at radius 2 is 1.87 bits per heavy atom. The van der Waals surface area contributed by atoms with Crippen molar-refractivity contribution in [2.24, 2.45) is 0 Å². The second kappa shape index (κ2) is 6.56. The third-order valence-electron chi connectivity index (χ3n) is 3.13. The first kappa shape index (κ1) is 16.6. The highest BCUT2D eigenvalue weighted by Crippen LogP contribution is 2.32. The van der Waals surface area contributed by atoms with Crippen LogP contribution in [0.25, 0.3) is 6.08 Å². The molecule has 0 atom stereocenters. The summed E-state index contributed by atoms with van der Waals surface area (Å²) in [7, 11) is 1.39. The number of ether oxygens (including phenoxy) is 1. The van der Waals surface area contributed by atoms with E-state index < -0.39 is 23.1 Å². The summed E-state index contributed by atoms with van der Waals surface area (Å²) in [6, 6.07) is 8.99. The van der Waals surface area contributed by atoms with Crippen molar-refractivity contribution in [2.45, 2.75) is 6.18 Å². The molecule has 0 spiro atoms. The maximum Gasteiger partial charge on any atom is 0.417 e. The summed E-state index contributed by atoms with van der Waals surface area (Å²) in [5.74, 6) is -0.637. The van der Waals surface area contributed by atoms with Gasteiger partial charge in [0.25, 0.3) is 0 Å². The van der Waals surface area contributed by atoms with E-state index in [-0.39, 0.29) is 11.5 Å². The number of carbonyl (C=O) groups is 1. The Labute approximate surface area is 130 Å². The highest BCUT2D eigenvalue weighted by Gasteiger charge is 2.34. The topological polar surface area (TPSA) is 46.5 Å². The van der Waals surface area contributed by atoms with Crippen LogP contribution in [0.5, 0.6) is 11.5 Å². The molecular formula is C17H13F3O3. The molecule has 0 bridgehead atoms. The molecule has 0 aliphatic rings. The zero-order chi connectivity index (χ0) is 17.0. The van der Waals surface area contributed by atoms with Gasteiger partial charge in [0.1, 0.15) is 0 Å². The van der Waals surface area contributed by atoms with Crippen molar-refractivity contribution in [1.29, 1.82) is 0 Å². The minimum atomic E-state index is -4.60. The van der Waals surface area contributed by atoms with Gasteiger partial charge in [0.15, 0.2) is 17.3 Å². The molecule has 23 heavy (non-hydrogen) atoms.